The summed E-state index contributed by atoms with van der Waals surface area (Å²) in [6.07, 6.45) is 4.66. The van der Waals surface area contributed by atoms with Gasteiger partial charge in [0.15, 0.2) is 5.96 Å². The van der Waals surface area contributed by atoms with Crippen LogP contribution in [0.3, 0.4) is 0 Å². The number of aliphatic imine (C=N–C) groups is 1. The van der Waals surface area contributed by atoms with Crippen LogP contribution >= 0.6 is 0 Å². The van der Waals surface area contributed by atoms with Crippen molar-refractivity contribution in [1.29, 1.82) is 0 Å². The molecule has 0 atom stereocenters. The van der Waals surface area contributed by atoms with Gasteiger partial charge < -0.3 is 10.6 Å². The smallest absolute Gasteiger partial charge is 0.216 e. The van der Waals surface area contributed by atoms with Crippen LogP contribution in [0.4, 0.5) is 0 Å². The van der Waals surface area contributed by atoms with Crippen molar-refractivity contribution in [2.24, 2.45) is 4.99 Å². The number of benzene rings is 1. The van der Waals surface area contributed by atoms with E-state index in [-0.39, 0.29) is 11.8 Å². The van der Waals surface area contributed by atoms with E-state index in [1.165, 1.54) is 0 Å². The highest BCUT2D eigenvalue weighted by molar-refractivity contribution is 7.88. The number of hydrogen-bond donors (Lipinski definition) is 3. The molecule has 0 aliphatic carbocycles. The third kappa shape index (κ3) is 8.10. The van der Waals surface area contributed by atoms with E-state index in [1.54, 1.807) is 13.2 Å². The Balaban J connectivity index is 1.74. The summed E-state index contributed by atoms with van der Waals surface area (Å²) in [6.45, 7) is 5.87. The number of aromatic nitrogens is 2. The SMILES string of the molecule is CN=C(NCCCn1cccn1)NCc1ccc(CS(=O)(=O)NC(C)C)cc1. The van der Waals surface area contributed by atoms with Crippen LogP contribution < -0.4 is 15.4 Å². The van der Waals surface area contributed by atoms with E-state index in [0.29, 0.717) is 6.54 Å². The summed E-state index contributed by atoms with van der Waals surface area (Å²) in [5, 5.41) is 10.7. The van der Waals surface area contributed by atoms with Crippen molar-refractivity contribution in [3.63, 3.8) is 0 Å². The van der Waals surface area contributed by atoms with Crippen LogP contribution in [0.5, 0.6) is 0 Å². The average molecular weight is 407 g/mol. The van der Waals surface area contributed by atoms with E-state index < -0.39 is 10.0 Å². The third-order valence-electron chi connectivity index (χ3n) is 3.89. The second-order valence-corrected chi connectivity index (χ2v) is 8.58. The van der Waals surface area contributed by atoms with Gasteiger partial charge in [-0.3, -0.25) is 9.67 Å². The van der Waals surface area contributed by atoms with Gasteiger partial charge >= 0.3 is 0 Å². The van der Waals surface area contributed by atoms with Gasteiger partial charge in [-0.15, -0.1) is 0 Å². The first-order chi connectivity index (χ1) is 13.4. The zero-order valence-electron chi connectivity index (χ0n) is 16.7. The molecule has 9 heteroatoms. The van der Waals surface area contributed by atoms with Crippen LogP contribution in [0.15, 0.2) is 47.7 Å². The number of nitrogens with zero attached hydrogens (tertiary/aromatic N) is 3. The van der Waals surface area contributed by atoms with Crippen LogP contribution in [-0.2, 0) is 28.9 Å². The van der Waals surface area contributed by atoms with Gasteiger partial charge in [-0.25, -0.2) is 13.1 Å². The maximum Gasteiger partial charge on any atom is 0.216 e. The number of aryl methyl sites for hydroxylation is 1. The van der Waals surface area contributed by atoms with Crippen molar-refractivity contribution in [3.05, 3.63) is 53.9 Å². The highest BCUT2D eigenvalue weighted by Gasteiger charge is 2.12. The molecular weight excluding hydrogens is 376 g/mol. The van der Waals surface area contributed by atoms with Crippen molar-refractivity contribution >= 4 is 16.0 Å². The van der Waals surface area contributed by atoms with Crippen molar-refractivity contribution in [2.45, 2.75) is 45.2 Å². The molecule has 0 aliphatic heterocycles. The zero-order chi connectivity index (χ0) is 20.4. The van der Waals surface area contributed by atoms with E-state index in [0.717, 1.165) is 36.6 Å². The van der Waals surface area contributed by atoms with Gasteiger partial charge in [-0.05, 0) is 37.5 Å². The molecule has 0 unspecified atom stereocenters. The number of rotatable bonds is 10. The van der Waals surface area contributed by atoms with Gasteiger partial charge in [0.1, 0.15) is 0 Å². The Morgan fingerprint density at radius 1 is 1.18 bits per heavy atom. The van der Waals surface area contributed by atoms with Gasteiger partial charge in [-0.2, -0.15) is 5.10 Å². The second-order valence-electron chi connectivity index (χ2n) is 6.82. The van der Waals surface area contributed by atoms with Gasteiger partial charge in [0.05, 0.1) is 5.75 Å². The van der Waals surface area contributed by atoms with Crippen LogP contribution in [0.25, 0.3) is 0 Å². The molecule has 1 aromatic carbocycles. The Morgan fingerprint density at radius 3 is 2.50 bits per heavy atom. The Bertz CT molecular complexity index is 830. The minimum Gasteiger partial charge on any atom is -0.356 e. The van der Waals surface area contributed by atoms with Crippen molar-refractivity contribution in [1.82, 2.24) is 25.1 Å². The fourth-order valence-electron chi connectivity index (χ4n) is 2.66. The lowest BCUT2D eigenvalue weighted by Gasteiger charge is -2.13. The molecule has 3 N–H and O–H groups in total. The molecule has 0 amide bonds. The average Bonchev–Trinajstić information content (AvgIpc) is 3.14. The van der Waals surface area contributed by atoms with E-state index >= 15 is 0 Å². The van der Waals surface area contributed by atoms with E-state index in [9.17, 15) is 8.42 Å². The summed E-state index contributed by atoms with van der Waals surface area (Å²) >= 11 is 0. The summed E-state index contributed by atoms with van der Waals surface area (Å²) in [6, 6.07) is 9.35. The summed E-state index contributed by atoms with van der Waals surface area (Å²) < 4.78 is 28.5. The highest BCUT2D eigenvalue weighted by atomic mass is 32.2. The normalized spacial score (nSPS) is 12.4. The largest absolute Gasteiger partial charge is 0.356 e. The highest BCUT2D eigenvalue weighted by Crippen LogP contribution is 2.08. The molecule has 1 aromatic heterocycles. The second kappa shape index (κ2) is 10.8. The topological polar surface area (TPSA) is 100 Å². The Kier molecular flexibility index (Phi) is 8.46. The molecule has 2 rings (SSSR count). The summed E-state index contributed by atoms with van der Waals surface area (Å²) in [5.41, 5.74) is 1.82. The summed E-state index contributed by atoms with van der Waals surface area (Å²) in [7, 11) is -1.57. The quantitative estimate of drug-likeness (QED) is 0.315. The van der Waals surface area contributed by atoms with Gasteiger partial charge in [0.25, 0.3) is 0 Å². The Hall–Kier alpha value is -2.39. The van der Waals surface area contributed by atoms with Crippen molar-refractivity contribution in [2.75, 3.05) is 13.6 Å². The molecule has 0 radical (unpaired) electrons. The molecule has 0 saturated heterocycles. The minimum atomic E-state index is -3.31. The molecule has 28 heavy (non-hydrogen) atoms. The van der Waals surface area contributed by atoms with Crippen molar-refractivity contribution in [3.8, 4) is 0 Å². The number of sulfonamides is 1. The van der Waals surface area contributed by atoms with Crippen LogP contribution in [0, 0.1) is 0 Å². The monoisotopic (exact) mass is 406 g/mol. The van der Waals surface area contributed by atoms with Crippen molar-refractivity contribution < 1.29 is 8.42 Å². The molecule has 0 bridgehead atoms. The van der Waals surface area contributed by atoms with Gasteiger partial charge in [0.2, 0.25) is 10.0 Å². The lowest BCUT2D eigenvalue weighted by molar-refractivity contribution is 0.569. The van der Waals surface area contributed by atoms with Gasteiger partial charge in [-0.1, -0.05) is 24.3 Å². The predicted octanol–water partition coefficient (Wildman–Crippen LogP) is 1.47. The molecule has 0 aliphatic rings. The fourth-order valence-corrected chi connectivity index (χ4v) is 4.09. The fraction of sp³-hybridized carbons (Fsp3) is 0.474. The first kappa shape index (κ1) is 21.9. The van der Waals surface area contributed by atoms with Crippen LogP contribution in [0.1, 0.15) is 31.4 Å². The first-order valence-electron chi connectivity index (χ1n) is 9.38. The summed E-state index contributed by atoms with van der Waals surface area (Å²) in [4.78, 5) is 4.22. The number of guanidine groups is 1. The number of hydrogen-bond acceptors (Lipinski definition) is 4. The maximum atomic E-state index is 12.0. The summed E-state index contributed by atoms with van der Waals surface area (Å²) in [5.74, 6) is 0.714. The maximum absolute atomic E-state index is 12.0. The Labute approximate surface area is 167 Å². The molecular formula is C19H30N6O2S. The predicted molar refractivity (Wildman–Crippen MR) is 112 cm³/mol. The zero-order valence-corrected chi connectivity index (χ0v) is 17.5. The van der Waals surface area contributed by atoms with Gasteiger partial charge in [0, 0.05) is 45.1 Å². The number of nitrogens with one attached hydrogen (secondary N) is 3. The van der Waals surface area contributed by atoms with E-state index in [4.69, 9.17) is 0 Å². The Morgan fingerprint density at radius 2 is 1.89 bits per heavy atom. The molecule has 1 heterocycles. The van der Waals surface area contributed by atoms with Crippen LogP contribution in [0.2, 0.25) is 0 Å². The molecule has 0 saturated carbocycles. The van der Waals surface area contributed by atoms with E-state index in [1.807, 2.05) is 55.1 Å². The minimum absolute atomic E-state index is 0.0155. The third-order valence-corrected chi connectivity index (χ3v) is 5.44. The lowest BCUT2D eigenvalue weighted by atomic mass is 10.1. The standard InChI is InChI=1S/C19H30N6O2S/c1-16(2)24-28(26,27)15-18-8-6-17(7-9-18)14-22-19(20-3)21-10-4-12-25-13-5-11-23-25/h5-9,11,13,16,24H,4,10,12,14-15H2,1-3H3,(H2,20,21,22). The molecule has 8 nitrogen and oxygen atoms in total. The van der Waals surface area contributed by atoms with Crippen LogP contribution in [-0.4, -0.2) is 43.8 Å². The first-order valence-corrected chi connectivity index (χ1v) is 11.0. The molecule has 0 spiro atoms. The van der Waals surface area contributed by atoms with E-state index in [2.05, 4.69) is 25.4 Å². The lowest BCUT2D eigenvalue weighted by Crippen LogP contribution is -2.37. The molecule has 0 fully saturated rings. The molecule has 154 valence electrons. The molecule has 2 aromatic rings.